The van der Waals surface area contributed by atoms with Gasteiger partial charge in [-0.1, -0.05) is 37.5 Å². The molecule has 0 bridgehead atoms. The third-order valence-corrected chi connectivity index (χ3v) is 5.43. The number of fused-ring (bicyclic) bond motifs is 1. The first-order chi connectivity index (χ1) is 13.8. The van der Waals surface area contributed by atoms with Crippen LogP contribution in [-0.2, 0) is 4.79 Å². The molecule has 0 saturated carbocycles. The van der Waals surface area contributed by atoms with E-state index in [2.05, 4.69) is 56.6 Å². The van der Waals surface area contributed by atoms with Crippen LogP contribution in [0.1, 0.15) is 65.9 Å². The molecule has 2 heterocycles. The van der Waals surface area contributed by atoms with E-state index < -0.39 is 11.7 Å². The van der Waals surface area contributed by atoms with Crippen molar-refractivity contribution < 1.29 is 9.59 Å². The molecule has 29 heavy (non-hydrogen) atoms. The van der Waals surface area contributed by atoms with Crippen LogP contribution >= 0.6 is 0 Å². The van der Waals surface area contributed by atoms with E-state index in [1.54, 1.807) is 6.92 Å². The molecule has 1 aromatic carbocycles. The number of aryl methyl sites for hydroxylation is 4. The first-order valence-corrected chi connectivity index (χ1v) is 10.4. The van der Waals surface area contributed by atoms with E-state index in [9.17, 15) is 9.59 Å². The van der Waals surface area contributed by atoms with Crippen molar-refractivity contribution in [3.8, 4) is 0 Å². The smallest absolute Gasteiger partial charge is 0.300 e. The second kappa shape index (κ2) is 8.31. The van der Waals surface area contributed by atoms with Crippen molar-refractivity contribution in [2.75, 3.05) is 22.9 Å². The fourth-order valence-electron chi connectivity index (χ4n) is 4.18. The van der Waals surface area contributed by atoms with Gasteiger partial charge in [0.2, 0.25) is 5.95 Å². The van der Waals surface area contributed by atoms with E-state index in [0.717, 1.165) is 36.1 Å². The summed E-state index contributed by atoms with van der Waals surface area (Å²) >= 11 is 0. The number of anilines is 3. The number of unbranched alkanes of at least 4 members (excludes halogenated alkanes) is 2. The van der Waals surface area contributed by atoms with Gasteiger partial charge in [0, 0.05) is 18.8 Å². The highest BCUT2D eigenvalue weighted by molar-refractivity contribution is 6.52. The molecule has 6 nitrogen and oxygen atoms in total. The molecule has 2 aromatic rings. The van der Waals surface area contributed by atoms with Gasteiger partial charge >= 0.3 is 5.91 Å². The van der Waals surface area contributed by atoms with E-state index in [-0.39, 0.29) is 0 Å². The van der Waals surface area contributed by atoms with E-state index in [1.165, 1.54) is 10.5 Å². The second-order valence-electron chi connectivity index (χ2n) is 7.79. The molecular formula is C23H30N4O2. The Hall–Kier alpha value is -2.76. The van der Waals surface area contributed by atoms with Gasteiger partial charge in [-0.3, -0.25) is 14.5 Å². The number of Topliss-reactive ketones (excluding diaryl/α,β-unsaturated/α-hetero) is 1. The molecule has 0 aliphatic carbocycles. The maximum atomic E-state index is 12.6. The van der Waals surface area contributed by atoms with Crippen molar-refractivity contribution in [1.82, 2.24) is 9.97 Å². The maximum absolute atomic E-state index is 12.6. The summed E-state index contributed by atoms with van der Waals surface area (Å²) in [5, 5.41) is 0. The lowest BCUT2D eigenvalue weighted by Crippen LogP contribution is -2.31. The minimum Gasteiger partial charge on any atom is -0.310 e. The number of ketones is 1. The molecule has 1 aliphatic heterocycles. The lowest BCUT2D eigenvalue weighted by Gasteiger charge is -2.26. The average Bonchev–Trinajstić information content (AvgIpc) is 2.89. The highest BCUT2D eigenvalue weighted by Crippen LogP contribution is 2.35. The predicted octanol–water partition coefficient (Wildman–Crippen LogP) is 4.59. The summed E-state index contributed by atoms with van der Waals surface area (Å²) in [5.74, 6) is 0.00366. The summed E-state index contributed by atoms with van der Waals surface area (Å²) in [7, 11) is 0. The fourth-order valence-corrected chi connectivity index (χ4v) is 4.18. The van der Waals surface area contributed by atoms with Crippen molar-refractivity contribution in [3.63, 3.8) is 0 Å². The Labute approximate surface area is 173 Å². The number of hydrogen-bond donors (Lipinski definition) is 0. The van der Waals surface area contributed by atoms with Gasteiger partial charge in [0.1, 0.15) is 0 Å². The Bertz CT molecular complexity index is 945. The zero-order chi connectivity index (χ0) is 21.3. The molecule has 0 fully saturated rings. The number of aromatic nitrogens is 2. The topological polar surface area (TPSA) is 66.4 Å². The third kappa shape index (κ3) is 3.76. The SMILES string of the molecule is CCCCCN1C(=O)C(=O)c2c(C)nc(N(CC)c3c(C)cc(C)cc3C)nc21. The quantitative estimate of drug-likeness (QED) is 0.508. The number of amides is 1. The minimum absolute atomic E-state index is 0.351. The van der Waals surface area contributed by atoms with Gasteiger partial charge in [-0.05, 0) is 52.2 Å². The van der Waals surface area contributed by atoms with Crippen molar-refractivity contribution in [3.05, 3.63) is 40.1 Å². The van der Waals surface area contributed by atoms with E-state index in [0.29, 0.717) is 36.1 Å². The molecule has 0 N–H and O–H groups in total. The Kier molecular flexibility index (Phi) is 6.01. The van der Waals surface area contributed by atoms with E-state index in [4.69, 9.17) is 4.98 Å². The van der Waals surface area contributed by atoms with Crippen LogP contribution < -0.4 is 9.80 Å². The molecule has 0 radical (unpaired) electrons. The van der Waals surface area contributed by atoms with Gasteiger partial charge in [0.25, 0.3) is 5.78 Å². The first kappa shape index (κ1) is 21.0. The summed E-state index contributed by atoms with van der Waals surface area (Å²) in [6.07, 6.45) is 2.90. The van der Waals surface area contributed by atoms with Gasteiger partial charge < -0.3 is 4.90 Å². The monoisotopic (exact) mass is 394 g/mol. The highest BCUT2D eigenvalue weighted by atomic mass is 16.2. The lowest BCUT2D eigenvalue weighted by atomic mass is 10.0. The molecule has 1 aliphatic rings. The Morgan fingerprint density at radius 1 is 0.966 bits per heavy atom. The molecule has 154 valence electrons. The molecule has 6 heteroatoms. The standard InChI is InChI=1S/C23H30N4O2/c1-7-9-10-11-27-21-18(20(28)22(27)29)17(6)24-23(25-21)26(8-2)19-15(4)12-14(3)13-16(19)5/h12-13H,7-11H2,1-6H3. The molecule has 0 saturated heterocycles. The molecule has 1 amide bonds. The number of rotatable bonds is 7. The maximum Gasteiger partial charge on any atom is 0.300 e. The van der Waals surface area contributed by atoms with Crippen molar-refractivity contribution in [1.29, 1.82) is 0 Å². The number of carbonyl (C=O) groups is 2. The number of benzene rings is 1. The number of nitrogens with zero attached hydrogens (tertiary/aromatic N) is 4. The van der Waals surface area contributed by atoms with E-state index >= 15 is 0 Å². The van der Waals surface area contributed by atoms with Gasteiger partial charge in [0.05, 0.1) is 11.3 Å². The number of carbonyl (C=O) groups excluding carboxylic acids is 2. The summed E-state index contributed by atoms with van der Waals surface area (Å²) in [6.45, 7) is 13.4. The van der Waals surface area contributed by atoms with Gasteiger partial charge in [-0.15, -0.1) is 0 Å². The third-order valence-electron chi connectivity index (χ3n) is 5.43. The van der Waals surface area contributed by atoms with Crippen LogP contribution in [0.5, 0.6) is 0 Å². The average molecular weight is 395 g/mol. The van der Waals surface area contributed by atoms with Crippen LogP contribution in [0.3, 0.4) is 0 Å². The highest BCUT2D eigenvalue weighted by Gasteiger charge is 2.39. The molecule has 3 rings (SSSR count). The Morgan fingerprint density at radius 3 is 2.21 bits per heavy atom. The minimum atomic E-state index is -0.494. The fraction of sp³-hybridized carbons (Fsp3) is 0.478. The van der Waals surface area contributed by atoms with Gasteiger partial charge in [0.15, 0.2) is 5.82 Å². The predicted molar refractivity (Wildman–Crippen MR) is 116 cm³/mol. The molecule has 1 aromatic heterocycles. The van der Waals surface area contributed by atoms with Gasteiger partial charge in [-0.25, -0.2) is 4.98 Å². The molecule has 0 spiro atoms. The molecule has 0 unspecified atom stereocenters. The summed E-state index contributed by atoms with van der Waals surface area (Å²) < 4.78 is 0. The number of hydrogen-bond acceptors (Lipinski definition) is 5. The molecular weight excluding hydrogens is 364 g/mol. The zero-order valence-corrected chi connectivity index (χ0v) is 18.3. The van der Waals surface area contributed by atoms with Crippen molar-refractivity contribution in [2.24, 2.45) is 0 Å². The van der Waals surface area contributed by atoms with Crippen LogP contribution in [0, 0.1) is 27.7 Å². The van der Waals surface area contributed by atoms with Crippen molar-refractivity contribution in [2.45, 2.75) is 60.8 Å². The normalized spacial score (nSPS) is 13.2. The molecule has 0 atom stereocenters. The summed E-state index contributed by atoms with van der Waals surface area (Å²) in [6, 6.07) is 4.30. The summed E-state index contributed by atoms with van der Waals surface area (Å²) in [5.41, 5.74) is 5.50. The zero-order valence-electron chi connectivity index (χ0n) is 18.3. The van der Waals surface area contributed by atoms with Crippen LogP contribution in [0.25, 0.3) is 0 Å². The largest absolute Gasteiger partial charge is 0.310 e. The van der Waals surface area contributed by atoms with E-state index in [1.807, 2.05) is 0 Å². The van der Waals surface area contributed by atoms with Crippen LogP contribution in [0.15, 0.2) is 12.1 Å². The van der Waals surface area contributed by atoms with Crippen LogP contribution in [0.4, 0.5) is 17.5 Å². The summed E-state index contributed by atoms with van der Waals surface area (Å²) in [4.78, 5) is 38.1. The van der Waals surface area contributed by atoms with Crippen molar-refractivity contribution >= 4 is 29.1 Å². The lowest BCUT2D eigenvalue weighted by molar-refractivity contribution is -0.114. The van der Waals surface area contributed by atoms with Gasteiger partial charge in [-0.2, -0.15) is 4.98 Å². The Balaban J connectivity index is 2.09. The second-order valence-corrected chi connectivity index (χ2v) is 7.79. The first-order valence-electron chi connectivity index (χ1n) is 10.4. The Morgan fingerprint density at radius 2 is 1.62 bits per heavy atom. The van der Waals surface area contributed by atoms with Crippen LogP contribution in [-0.4, -0.2) is 34.7 Å². The van der Waals surface area contributed by atoms with Crippen LogP contribution in [0.2, 0.25) is 0 Å².